The van der Waals surface area contributed by atoms with Crippen LogP contribution in [0.1, 0.15) is 52.7 Å². The Balaban J connectivity index is 1.39. The van der Waals surface area contributed by atoms with Crippen molar-refractivity contribution in [1.29, 1.82) is 0 Å². The molecule has 0 unspecified atom stereocenters. The summed E-state index contributed by atoms with van der Waals surface area (Å²) in [5.74, 6) is 1.32. The summed E-state index contributed by atoms with van der Waals surface area (Å²) in [7, 11) is 0. The molecule has 0 atom stereocenters. The molecule has 0 radical (unpaired) electrons. The number of nitrogens with one attached hydrogen (secondary N) is 1. The second-order valence-electron chi connectivity index (χ2n) is 6.90. The molecule has 1 aromatic heterocycles. The molecule has 0 saturated carbocycles. The van der Waals surface area contributed by atoms with Gasteiger partial charge in [-0.15, -0.1) is 16.9 Å². The average molecular weight is 394 g/mol. The third kappa shape index (κ3) is 4.44. The lowest BCUT2D eigenvalue weighted by atomic mass is 9.90. The van der Waals surface area contributed by atoms with Crippen molar-refractivity contribution in [3.8, 4) is 0 Å². The molecule has 1 N–H and O–H groups in total. The highest BCUT2D eigenvalue weighted by atomic mass is 32.2. The minimum absolute atomic E-state index is 0.135. The van der Waals surface area contributed by atoms with Gasteiger partial charge in [0.15, 0.2) is 0 Å². The topological polar surface area (TPSA) is 68.0 Å². The number of fused-ring (bicyclic) bond motifs is 1. The van der Waals surface area contributed by atoms with Crippen LogP contribution in [0.15, 0.2) is 51.8 Å². The summed E-state index contributed by atoms with van der Waals surface area (Å²) in [5, 5.41) is 10.7. The SMILES string of the molecule is CCSc1ccc(Cc2nnc(NC(=O)c3ccc4c(c3)CCCC4)o2)cc1. The molecule has 1 aliphatic rings. The molecule has 6 heteroatoms. The number of hydrogen-bond acceptors (Lipinski definition) is 5. The lowest BCUT2D eigenvalue weighted by Crippen LogP contribution is -2.13. The van der Waals surface area contributed by atoms with E-state index in [1.807, 2.05) is 23.9 Å². The van der Waals surface area contributed by atoms with E-state index in [1.54, 1.807) is 0 Å². The molecular weight excluding hydrogens is 370 g/mol. The second-order valence-corrected chi connectivity index (χ2v) is 8.24. The molecule has 1 heterocycles. The zero-order chi connectivity index (χ0) is 19.3. The molecule has 144 valence electrons. The van der Waals surface area contributed by atoms with Crippen LogP contribution in [0.5, 0.6) is 0 Å². The average Bonchev–Trinajstić information content (AvgIpc) is 3.16. The van der Waals surface area contributed by atoms with E-state index in [-0.39, 0.29) is 11.9 Å². The van der Waals surface area contributed by atoms with Crippen molar-refractivity contribution in [3.05, 3.63) is 70.6 Å². The highest BCUT2D eigenvalue weighted by Crippen LogP contribution is 2.23. The van der Waals surface area contributed by atoms with Crippen LogP contribution in [-0.4, -0.2) is 21.9 Å². The number of anilines is 1. The van der Waals surface area contributed by atoms with Crippen molar-refractivity contribution in [2.45, 2.75) is 43.9 Å². The normalized spacial score (nSPS) is 13.2. The van der Waals surface area contributed by atoms with Gasteiger partial charge >= 0.3 is 6.01 Å². The minimum atomic E-state index is -0.218. The predicted molar refractivity (Wildman–Crippen MR) is 111 cm³/mol. The summed E-state index contributed by atoms with van der Waals surface area (Å²) in [4.78, 5) is 13.8. The van der Waals surface area contributed by atoms with Crippen LogP contribution in [0.2, 0.25) is 0 Å². The van der Waals surface area contributed by atoms with Crippen LogP contribution in [0.25, 0.3) is 0 Å². The number of thioether (sulfide) groups is 1. The fourth-order valence-electron chi connectivity index (χ4n) is 3.46. The van der Waals surface area contributed by atoms with Crippen LogP contribution >= 0.6 is 11.8 Å². The Hall–Kier alpha value is -2.60. The molecule has 28 heavy (non-hydrogen) atoms. The van der Waals surface area contributed by atoms with Crippen LogP contribution in [0.4, 0.5) is 6.01 Å². The van der Waals surface area contributed by atoms with Crippen LogP contribution in [-0.2, 0) is 19.3 Å². The first kappa shape index (κ1) is 18.7. The van der Waals surface area contributed by atoms with Gasteiger partial charge in [0.25, 0.3) is 5.91 Å². The summed E-state index contributed by atoms with van der Waals surface area (Å²) in [5.41, 5.74) is 4.35. The first-order chi connectivity index (χ1) is 13.7. The first-order valence-corrected chi connectivity index (χ1v) is 10.7. The van der Waals surface area contributed by atoms with Gasteiger partial charge in [-0.25, -0.2) is 0 Å². The Labute approximate surface area is 168 Å². The van der Waals surface area contributed by atoms with E-state index in [0.717, 1.165) is 24.2 Å². The van der Waals surface area contributed by atoms with E-state index in [4.69, 9.17) is 4.42 Å². The van der Waals surface area contributed by atoms with Crippen molar-refractivity contribution >= 4 is 23.7 Å². The zero-order valence-electron chi connectivity index (χ0n) is 15.9. The molecule has 0 spiro atoms. The molecule has 0 aliphatic heterocycles. The quantitative estimate of drug-likeness (QED) is 0.603. The number of rotatable bonds is 6. The first-order valence-electron chi connectivity index (χ1n) is 9.68. The van der Waals surface area contributed by atoms with Crippen molar-refractivity contribution in [2.75, 3.05) is 11.1 Å². The van der Waals surface area contributed by atoms with E-state index in [2.05, 4.69) is 52.8 Å². The Morgan fingerprint density at radius 1 is 1.07 bits per heavy atom. The Kier molecular flexibility index (Phi) is 5.76. The predicted octanol–water partition coefficient (Wildman–Crippen LogP) is 4.90. The number of aryl methyl sites for hydroxylation is 2. The largest absolute Gasteiger partial charge is 0.407 e. The number of benzene rings is 2. The molecule has 0 fully saturated rings. The summed E-state index contributed by atoms with van der Waals surface area (Å²) < 4.78 is 5.61. The smallest absolute Gasteiger partial charge is 0.322 e. The molecule has 1 amide bonds. The highest BCUT2D eigenvalue weighted by Gasteiger charge is 2.15. The maximum atomic E-state index is 12.5. The summed E-state index contributed by atoms with van der Waals surface area (Å²) >= 11 is 1.81. The lowest BCUT2D eigenvalue weighted by Gasteiger charge is -2.16. The molecule has 5 nitrogen and oxygen atoms in total. The fraction of sp³-hybridized carbons (Fsp3) is 0.318. The van der Waals surface area contributed by atoms with Gasteiger partial charge in [0, 0.05) is 10.5 Å². The van der Waals surface area contributed by atoms with Gasteiger partial charge in [-0.2, -0.15) is 0 Å². The fourth-order valence-corrected chi connectivity index (χ4v) is 4.13. The highest BCUT2D eigenvalue weighted by molar-refractivity contribution is 7.99. The summed E-state index contributed by atoms with van der Waals surface area (Å²) in [6.45, 7) is 2.14. The van der Waals surface area contributed by atoms with Crippen molar-refractivity contribution < 1.29 is 9.21 Å². The number of carbonyl (C=O) groups is 1. The molecule has 0 bridgehead atoms. The monoisotopic (exact) mass is 393 g/mol. The third-order valence-corrected chi connectivity index (χ3v) is 5.78. The number of amides is 1. The van der Waals surface area contributed by atoms with E-state index in [0.29, 0.717) is 17.9 Å². The van der Waals surface area contributed by atoms with Crippen LogP contribution in [0.3, 0.4) is 0 Å². The van der Waals surface area contributed by atoms with Gasteiger partial charge in [0.1, 0.15) is 0 Å². The molecule has 4 rings (SSSR count). The van der Waals surface area contributed by atoms with Crippen LogP contribution in [0, 0.1) is 0 Å². The number of aromatic nitrogens is 2. The third-order valence-electron chi connectivity index (χ3n) is 4.89. The van der Waals surface area contributed by atoms with Gasteiger partial charge in [-0.1, -0.05) is 30.2 Å². The van der Waals surface area contributed by atoms with Crippen molar-refractivity contribution in [1.82, 2.24) is 10.2 Å². The zero-order valence-corrected chi connectivity index (χ0v) is 16.7. The van der Waals surface area contributed by atoms with E-state index in [1.165, 1.54) is 28.9 Å². The van der Waals surface area contributed by atoms with Gasteiger partial charge in [0.2, 0.25) is 5.89 Å². The second kappa shape index (κ2) is 8.61. The van der Waals surface area contributed by atoms with Crippen molar-refractivity contribution in [3.63, 3.8) is 0 Å². The van der Waals surface area contributed by atoms with Gasteiger partial charge in [-0.05, 0) is 72.4 Å². The van der Waals surface area contributed by atoms with Gasteiger partial charge in [0.05, 0.1) is 6.42 Å². The van der Waals surface area contributed by atoms with E-state index < -0.39 is 0 Å². The lowest BCUT2D eigenvalue weighted by molar-refractivity contribution is 0.102. The van der Waals surface area contributed by atoms with Gasteiger partial charge < -0.3 is 4.42 Å². The minimum Gasteiger partial charge on any atom is -0.407 e. The van der Waals surface area contributed by atoms with E-state index in [9.17, 15) is 4.79 Å². The van der Waals surface area contributed by atoms with E-state index >= 15 is 0 Å². The van der Waals surface area contributed by atoms with Crippen LogP contribution < -0.4 is 5.32 Å². The Morgan fingerprint density at radius 2 is 1.86 bits per heavy atom. The van der Waals surface area contributed by atoms with Gasteiger partial charge in [-0.3, -0.25) is 10.1 Å². The molecular formula is C22H23N3O2S. The van der Waals surface area contributed by atoms with Crippen molar-refractivity contribution in [2.24, 2.45) is 0 Å². The molecule has 0 saturated heterocycles. The number of nitrogens with zero attached hydrogens (tertiary/aromatic N) is 2. The summed E-state index contributed by atoms with van der Waals surface area (Å²) in [6.07, 6.45) is 5.09. The maximum Gasteiger partial charge on any atom is 0.322 e. The summed E-state index contributed by atoms with van der Waals surface area (Å²) in [6, 6.07) is 14.4. The Morgan fingerprint density at radius 3 is 2.64 bits per heavy atom. The standard InChI is InChI=1S/C22H23N3O2S/c1-2-28-19-11-7-15(8-12-19)13-20-24-25-22(27-20)23-21(26)18-10-9-16-5-3-4-6-17(16)14-18/h7-12,14H,2-6,13H2,1H3,(H,23,25,26). The molecule has 1 aliphatic carbocycles. The molecule has 2 aromatic carbocycles. The number of hydrogen-bond donors (Lipinski definition) is 1. The molecule has 3 aromatic rings. The maximum absolute atomic E-state index is 12.5. The number of carbonyl (C=O) groups excluding carboxylic acids is 1. The Bertz CT molecular complexity index is 966.